The van der Waals surface area contributed by atoms with Crippen LogP contribution >= 0.6 is 34.5 Å². The average Bonchev–Trinajstić information content (AvgIpc) is 3.20. The van der Waals surface area contributed by atoms with E-state index in [4.69, 9.17) is 27.9 Å². The van der Waals surface area contributed by atoms with E-state index in [1.165, 1.54) is 37.0 Å². The van der Waals surface area contributed by atoms with Gasteiger partial charge in [-0.1, -0.05) is 55.8 Å². The zero-order valence-corrected chi connectivity index (χ0v) is 19.8. The summed E-state index contributed by atoms with van der Waals surface area (Å²) in [5, 5.41) is 4.70. The number of ether oxygens (including phenoxy) is 1. The highest BCUT2D eigenvalue weighted by Gasteiger charge is 2.11. The quantitative estimate of drug-likeness (QED) is 0.289. The highest BCUT2D eigenvalue weighted by Crippen LogP contribution is 2.27. The monoisotopic (exact) mass is 476 g/mol. The van der Waals surface area contributed by atoms with E-state index < -0.39 is 0 Å². The minimum absolute atomic E-state index is 0.201. The highest BCUT2D eigenvalue weighted by atomic mass is 35.5. The highest BCUT2D eigenvalue weighted by molar-refractivity contribution is 7.15. The van der Waals surface area contributed by atoms with E-state index in [0.717, 1.165) is 22.6 Å². The summed E-state index contributed by atoms with van der Waals surface area (Å²) in [6.45, 7) is 2.91. The molecule has 0 unspecified atom stereocenters. The number of benzene rings is 2. The Kier molecular flexibility index (Phi) is 9.19. The summed E-state index contributed by atoms with van der Waals surface area (Å²) < 4.78 is 5.75. The first-order valence-corrected chi connectivity index (χ1v) is 12.0. The summed E-state index contributed by atoms with van der Waals surface area (Å²) in [5.41, 5.74) is 1.49. The summed E-state index contributed by atoms with van der Waals surface area (Å²) in [6.07, 6.45) is 8.36. The molecule has 0 radical (unpaired) electrons. The number of hydrogen-bond donors (Lipinski definition) is 1. The molecule has 31 heavy (non-hydrogen) atoms. The van der Waals surface area contributed by atoms with Crippen molar-refractivity contribution in [1.82, 2.24) is 4.98 Å². The van der Waals surface area contributed by atoms with Crippen LogP contribution in [0.5, 0.6) is 5.75 Å². The summed E-state index contributed by atoms with van der Waals surface area (Å²) in [5.74, 6) is 0.579. The molecule has 0 saturated carbocycles. The Morgan fingerprint density at radius 2 is 1.84 bits per heavy atom. The maximum absolute atomic E-state index is 12.5. The first kappa shape index (κ1) is 23.6. The standard InChI is InChI=1S/C24H26Cl2N2O2S/c1-2-3-4-5-6-13-30-20-10-7-17(8-11-20)23(29)28-24-27-16-21(31-24)15-18-14-19(25)9-12-22(18)26/h7-12,14,16H,2-6,13,15H2,1H3,(H,27,28,29). The zero-order chi connectivity index (χ0) is 22.1. The number of aromatic nitrogens is 1. The van der Waals surface area contributed by atoms with Gasteiger partial charge in [0.15, 0.2) is 5.13 Å². The van der Waals surface area contributed by atoms with Crippen molar-refractivity contribution in [2.45, 2.75) is 45.4 Å². The van der Waals surface area contributed by atoms with Crippen molar-refractivity contribution in [2.24, 2.45) is 0 Å². The van der Waals surface area contributed by atoms with Crippen LogP contribution in [-0.2, 0) is 6.42 Å². The van der Waals surface area contributed by atoms with Crippen molar-refractivity contribution in [3.05, 3.63) is 74.7 Å². The van der Waals surface area contributed by atoms with Gasteiger partial charge in [-0.05, 0) is 54.4 Å². The fourth-order valence-corrected chi connectivity index (χ4v) is 4.29. The van der Waals surface area contributed by atoms with Crippen LogP contribution in [0.2, 0.25) is 10.0 Å². The van der Waals surface area contributed by atoms with E-state index in [9.17, 15) is 4.79 Å². The molecule has 0 aliphatic heterocycles. The lowest BCUT2D eigenvalue weighted by molar-refractivity contribution is 0.102. The minimum atomic E-state index is -0.201. The molecule has 2 aromatic carbocycles. The van der Waals surface area contributed by atoms with Crippen LogP contribution in [0.4, 0.5) is 5.13 Å². The number of thiazole rings is 1. The van der Waals surface area contributed by atoms with Crippen molar-refractivity contribution in [1.29, 1.82) is 0 Å². The summed E-state index contributed by atoms with van der Waals surface area (Å²) in [7, 11) is 0. The third-order valence-corrected chi connectivity index (χ3v) is 6.30. The van der Waals surface area contributed by atoms with Gasteiger partial charge in [-0.3, -0.25) is 10.1 Å². The van der Waals surface area contributed by atoms with Gasteiger partial charge in [0.05, 0.1) is 6.61 Å². The van der Waals surface area contributed by atoms with Crippen LogP contribution in [-0.4, -0.2) is 17.5 Å². The molecule has 1 amide bonds. The number of unbranched alkanes of at least 4 members (excludes halogenated alkanes) is 4. The molecular weight excluding hydrogens is 451 g/mol. The number of halogens is 2. The number of anilines is 1. The van der Waals surface area contributed by atoms with E-state index in [-0.39, 0.29) is 5.91 Å². The predicted octanol–water partition coefficient (Wildman–Crippen LogP) is 7.64. The Labute approximate surface area is 197 Å². The predicted molar refractivity (Wildman–Crippen MR) is 130 cm³/mol. The second-order valence-corrected chi connectivity index (χ2v) is 9.24. The third-order valence-electron chi connectivity index (χ3n) is 4.78. The van der Waals surface area contributed by atoms with Gasteiger partial charge in [0, 0.05) is 33.1 Å². The molecule has 0 saturated heterocycles. The summed E-state index contributed by atoms with van der Waals surface area (Å²) in [4.78, 5) is 17.8. The van der Waals surface area contributed by atoms with Crippen LogP contribution in [0.15, 0.2) is 48.7 Å². The van der Waals surface area contributed by atoms with Crippen molar-refractivity contribution >= 4 is 45.6 Å². The first-order valence-electron chi connectivity index (χ1n) is 10.5. The number of rotatable bonds is 11. The molecule has 3 rings (SSSR count). The van der Waals surface area contributed by atoms with Gasteiger partial charge < -0.3 is 4.74 Å². The molecule has 1 N–H and O–H groups in total. The van der Waals surface area contributed by atoms with Gasteiger partial charge in [-0.15, -0.1) is 11.3 Å². The van der Waals surface area contributed by atoms with Crippen molar-refractivity contribution in [2.75, 3.05) is 11.9 Å². The molecule has 7 heteroatoms. The minimum Gasteiger partial charge on any atom is -0.494 e. The molecule has 3 aromatic rings. The normalized spacial score (nSPS) is 10.8. The molecule has 164 valence electrons. The summed E-state index contributed by atoms with van der Waals surface area (Å²) >= 11 is 13.7. The molecule has 4 nitrogen and oxygen atoms in total. The van der Waals surface area contributed by atoms with Gasteiger partial charge in [-0.25, -0.2) is 4.98 Å². The van der Waals surface area contributed by atoms with Crippen molar-refractivity contribution in [3.8, 4) is 5.75 Å². The molecule has 0 atom stereocenters. The van der Waals surface area contributed by atoms with Crippen LogP contribution in [0.25, 0.3) is 0 Å². The Bertz CT molecular complexity index is 989. The molecule has 0 bridgehead atoms. The Morgan fingerprint density at radius 1 is 1.06 bits per heavy atom. The lowest BCUT2D eigenvalue weighted by Crippen LogP contribution is -2.11. The first-order chi connectivity index (χ1) is 15.0. The van der Waals surface area contributed by atoms with Crippen molar-refractivity contribution in [3.63, 3.8) is 0 Å². The SMILES string of the molecule is CCCCCCCOc1ccc(C(=O)Nc2ncc(Cc3cc(Cl)ccc3Cl)s2)cc1. The Hall–Kier alpha value is -2.08. The van der Waals surface area contributed by atoms with E-state index in [0.29, 0.717) is 33.8 Å². The van der Waals surface area contributed by atoms with Crippen molar-refractivity contribution < 1.29 is 9.53 Å². The van der Waals surface area contributed by atoms with E-state index >= 15 is 0 Å². The van der Waals surface area contributed by atoms with Gasteiger partial charge in [-0.2, -0.15) is 0 Å². The fraction of sp³-hybridized carbons (Fsp3) is 0.333. The van der Waals surface area contributed by atoms with E-state index in [2.05, 4.69) is 17.2 Å². The second-order valence-electron chi connectivity index (χ2n) is 7.29. The van der Waals surface area contributed by atoms with Gasteiger partial charge in [0.1, 0.15) is 5.75 Å². The van der Waals surface area contributed by atoms with Gasteiger partial charge in [0.2, 0.25) is 0 Å². The average molecular weight is 477 g/mol. The van der Waals surface area contributed by atoms with Gasteiger partial charge in [0.25, 0.3) is 5.91 Å². The second kappa shape index (κ2) is 12.1. The number of nitrogens with zero attached hydrogens (tertiary/aromatic N) is 1. The lowest BCUT2D eigenvalue weighted by atomic mass is 10.1. The van der Waals surface area contributed by atoms with Crippen LogP contribution < -0.4 is 10.1 Å². The molecule has 0 spiro atoms. The molecular formula is C24H26Cl2N2O2S. The maximum atomic E-state index is 12.5. The molecule has 1 heterocycles. The van der Waals surface area contributed by atoms with Crippen LogP contribution in [0.1, 0.15) is 59.8 Å². The van der Waals surface area contributed by atoms with E-state index in [1.54, 1.807) is 30.5 Å². The Balaban J connectivity index is 1.49. The fourth-order valence-electron chi connectivity index (χ4n) is 3.08. The number of hydrogen-bond acceptors (Lipinski definition) is 4. The molecule has 0 fully saturated rings. The number of amides is 1. The number of carbonyl (C=O) groups is 1. The molecule has 1 aromatic heterocycles. The Morgan fingerprint density at radius 3 is 2.61 bits per heavy atom. The number of carbonyl (C=O) groups excluding carboxylic acids is 1. The summed E-state index contributed by atoms with van der Waals surface area (Å²) in [6, 6.07) is 12.6. The van der Waals surface area contributed by atoms with Gasteiger partial charge >= 0.3 is 0 Å². The third kappa shape index (κ3) is 7.53. The van der Waals surface area contributed by atoms with Crippen LogP contribution in [0.3, 0.4) is 0 Å². The number of nitrogens with one attached hydrogen (secondary N) is 1. The maximum Gasteiger partial charge on any atom is 0.257 e. The molecule has 0 aliphatic rings. The van der Waals surface area contributed by atoms with E-state index in [1.807, 2.05) is 18.2 Å². The largest absolute Gasteiger partial charge is 0.494 e. The smallest absolute Gasteiger partial charge is 0.257 e. The zero-order valence-electron chi connectivity index (χ0n) is 17.5. The lowest BCUT2D eigenvalue weighted by Gasteiger charge is -2.07. The topological polar surface area (TPSA) is 51.2 Å². The van der Waals surface area contributed by atoms with Crippen LogP contribution in [0, 0.1) is 0 Å². The molecule has 0 aliphatic carbocycles.